The number of hydrogen-bond acceptors (Lipinski definition) is 5. The number of carbonyl (C=O) groups excluding carboxylic acids is 1. The van der Waals surface area contributed by atoms with Gasteiger partial charge in [-0.25, -0.2) is 14.3 Å². The molecule has 0 aliphatic carbocycles. The Kier molecular flexibility index (Phi) is 6.29. The number of ether oxygens (including phenoxy) is 2. The second kappa shape index (κ2) is 8.91. The van der Waals surface area contributed by atoms with Gasteiger partial charge in [0.25, 0.3) is 0 Å². The molecule has 0 spiro atoms. The van der Waals surface area contributed by atoms with E-state index in [4.69, 9.17) is 9.47 Å². The van der Waals surface area contributed by atoms with Crippen LogP contribution in [-0.4, -0.2) is 39.7 Å². The number of alkyl carbamates (subject to hydrolysis) is 1. The Morgan fingerprint density at radius 1 is 1.06 bits per heavy atom. The second-order valence-electron chi connectivity index (χ2n) is 7.88. The molecule has 0 unspecified atom stereocenters. The minimum Gasteiger partial charge on any atom is -0.497 e. The molecule has 0 bridgehead atoms. The zero-order chi connectivity index (χ0) is 22.6. The van der Waals surface area contributed by atoms with Gasteiger partial charge in [0.05, 0.1) is 18.5 Å². The lowest BCUT2D eigenvalue weighted by Gasteiger charge is -2.19. The molecule has 3 aromatic rings. The zero-order valence-corrected chi connectivity index (χ0v) is 17.9. The summed E-state index contributed by atoms with van der Waals surface area (Å²) in [6, 6.07) is 16.1. The van der Waals surface area contributed by atoms with Gasteiger partial charge in [0.1, 0.15) is 11.4 Å². The predicted molar refractivity (Wildman–Crippen MR) is 116 cm³/mol. The van der Waals surface area contributed by atoms with Crippen molar-refractivity contribution in [1.29, 1.82) is 0 Å². The van der Waals surface area contributed by atoms with Crippen molar-refractivity contribution in [3.8, 4) is 22.7 Å². The van der Waals surface area contributed by atoms with E-state index in [2.05, 4.69) is 10.4 Å². The van der Waals surface area contributed by atoms with Crippen molar-refractivity contribution in [2.45, 2.75) is 32.9 Å². The lowest BCUT2D eigenvalue weighted by molar-refractivity contribution is 0.0523. The Labute approximate surface area is 180 Å². The largest absolute Gasteiger partial charge is 0.497 e. The van der Waals surface area contributed by atoms with Crippen molar-refractivity contribution in [2.75, 3.05) is 7.11 Å². The second-order valence-corrected chi connectivity index (χ2v) is 7.88. The fourth-order valence-electron chi connectivity index (χ4n) is 2.89. The molecule has 1 aromatic heterocycles. The number of benzene rings is 2. The van der Waals surface area contributed by atoms with Crippen molar-refractivity contribution in [2.24, 2.45) is 0 Å². The van der Waals surface area contributed by atoms with Crippen molar-refractivity contribution in [3.63, 3.8) is 0 Å². The molecule has 1 heterocycles. The number of rotatable bonds is 6. The summed E-state index contributed by atoms with van der Waals surface area (Å²) < 4.78 is 12.0. The Morgan fingerprint density at radius 3 is 2.26 bits per heavy atom. The van der Waals surface area contributed by atoms with Gasteiger partial charge in [-0.2, -0.15) is 5.10 Å². The van der Waals surface area contributed by atoms with Gasteiger partial charge in [-0.3, -0.25) is 0 Å². The molecule has 0 saturated carbocycles. The normalized spacial score (nSPS) is 11.1. The molecule has 0 radical (unpaired) electrons. The lowest BCUT2D eigenvalue weighted by Crippen LogP contribution is -2.32. The predicted octanol–water partition coefficient (Wildman–Crippen LogP) is 4.27. The van der Waals surface area contributed by atoms with Crippen LogP contribution in [0.1, 0.15) is 36.8 Å². The maximum absolute atomic E-state index is 11.8. The van der Waals surface area contributed by atoms with E-state index in [1.54, 1.807) is 56.8 Å². The molecule has 0 aliphatic rings. The van der Waals surface area contributed by atoms with Crippen LogP contribution in [0.3, 0.4) is 0 Å². The molecule has 0 atom stereocenters. The molecule has 8 nitrogen and oxygen atoms in total. The van der Waals surface area contributed by atoms with E-state index in [9.17, 15) is 14.7 Å². The average Bonchev–Trinajstić information content (AvgIpc) is 3.17. The van der Waals surface area contributed by atoms with Gasteiger partial charge >= 0.3 is 12.1 Å². The number of nitrogens with one attached hydrogen (secondary N) is 1. The van der Waals surface area contributed by atoms with Gasteiger partial charge in [0.15, 0.2) is 5.69 Å². The number of amides is 1. The quantitative estimate of drug-likeness (QED) is 0.614. The van der Waals surface area contributed by atoms with E-state index >= 15 is 0 Å². The highest BCUT2D eigenvalue weighted by Crippen LogP contribution is 2.26. The average molecular weight is 423 g/mol. The molecule has 3 rings (SSSR count). The molecular weight excluding hydrogens is 398 g/mol. The van der Waals surface area contributed by atoms with Crippen molar-refractivity contribution >= 4 is 12.1 Å². The van der Waals surface area contributed by atoms with Crippen molar-refractivity contribution in [1.82, 2.24) is 15.1 Å². The monoisotopic (exact) mass is 423 g/mol. The molecule has 31 heavy (non-hydrogen) atoms. The summed E-state index contributed by atoms with van der Waals surface area (Å²) in [6.07, 6.45) is -0.486. The van der Waals surface area contributed by atoms with Crippen LogP contribution < -0.4 is 10.1 Å². The van der Waals surface area contributed by atoms with E-state index in [1.165, 1.54) is 6.07 Å². The van der Waals surface area contributed by atoms with Crippen molar-refractivity contribution < 1.29 is 24.2 Å². The Balaban J connectivity index is 1.83. The first-order valence-corrected chi connectivity index (χ1v) is 9.70. The first-order chi connectivity index (χ1) is 14.7. The molecule has 1 amide bonds. The van der Waals surface area contributed by atoms with Crippen LogP contribution >= 0.6 is 0 Å². The summed E-state index contributed by atoms with van der Waals surface area (Å²) in [7, 11) is 1.58. The van der Waals surface area contributed by atoms with Crippen LogP contribution in [0.5, 0.6) is 5.75 Å². The molecular formula is C23H25N3O5. The molecule has 8 heteroatoms. The Hall–Kier alpha value is -3.81. The number of carboxylic acid groups (broad SMARTS) is 1. The SMILES string of the molecule is COc1ccc(-n2nc(C(=O)O)cc2-c2ccc(CNC(=O)OC(C)(C)C)cc2)cc1. The van der Waals surface area contributed by atoms with E-state index in [0.717, 1.165) is 11.1 Å². The molecule has 2 aromatic carbocycles. The van der Waals surface area contributed by atoms with Crippen LogP contribution in [0, 0.1) is 0 Å². The molecule has 162 valence electrons. The standard InChI is InChI=1S/C23H25N3O5/c1-23(2,3)31-22(29)24-14-15-5-7-16(8-6-15)20-13-19(21(27)28)25-26(20)17-9-11-18(30-4)12-10-17/h5-13H,14H2,1-4H3,(H,24,29)(H,27,28). The van der Waals surface area contributed by atoms with Gasteiger partial charge < -0.3 is 19.9 Å². The topological polar surface area (TPSA) is 103 Å². The van der Waals surface area contributed by atoms with Gasteiger partial charge in [-0.15, -0.1) is 0 Å². The van der Waals surface area contributed by atoms with Gasteiger partial charge in [-0.05, 0) is 56.7 Å². The van der Waals surface area contributed by atoms with Crippen LogP contribution in [-0.2, 0) is 11.3 Å². The van der Waals surface area contributed by atoms with Crippen LogP contribution in [0.15, 0.2) is 54.6 Å². The number of methoxy groups -OCH3 is 1. The third kappa shape index (κ3) is 5.63. The summed E-state index contributed by atoms with van der Waals surface area (Å²) in [5, 5.41) is 16.3. The number of carbonyl (C=O) groups is 2. The molecule has 2 N–H and O–H groups in total. The number of hydrogen-bond donors (Lipinski definition) is 2. The van der Waals surface area contributed by atoms with Crippen LogP contribution in [0.4, 0.5) is 4.79 Å². The maximum Gasteiger partial charge on any atom is 0.407 e. The first kappa shape index (κ1) is 21.9. The fourth-order valence-corrected chi connectivity index (χ4v) is 2.89. The zero-order valence-electron chi connectivity index (χ0n) is 17.9. The van der Waals surface area contributed by atoms with Crippen LogP contribution in [0.25, 0.3) is 16.9 Å². The highest BCUT2D eigenvalue weighted by atomic mass is 16.6. The van der Waals surface area contributed by atoms with Crippen molar-refractivity contribution in [3.05, 3.63) is 65.9 Å². The first-order valence-electron chi connectivity index (χ1n) is 9.70. The third-order valence-corrected chi connectivity index (χ3v) is 4.33. The maximum atomic E-state index is 11.8. The highest BCUT2D eigenvalue weighted by Gasteiger charge is 2.17. The number of carboxylic acids is 1. The smallest absolute Gasteiger partial charge is 0.407 e. The minimum atomic E-state index is -1.10. The van der Waals surface area contributed by atoms with E-state index in [0.29, 0.717) is 23.7 Å². The van der Waals surface area contributed by atoms with E-state index < -0.39 is 17.7 Å². The molecule has 0 aliphatic heterocycles. The Bertz CT molecular complexity index is 1060. The number of aromatic nitrogens is 2. The Morgan fingerprint density at radius 2 is 1.71 bits per heavy atom. The fraction of sp³-hybridized carbons (Fsp3) is 0.261. The third-order valence-electron chi connectivity index (χ3n) is 4.33. The van der Waals surface area contributed by atoms with Gasteiger partial charge in [0.2, 0.25) is 0 Å². The number of aromatic carboxylic acids is 1. The van der Waals surface area contributed by atoms with E-state index in [-0.39, 0.29) is 5.69 Å². The lowest BCUT2D eigenvalue weighted by atomic mass is 10.1. The number of nitrogens with zero attached hydrogens (tertiary/aromatic N) is 2. The summed E-state index contributed by atoms with van der Waals surface area (Å²) in [5.74, 6) is -0.413. The summed E-state index contributed by atoms with van der Waals surface area (Å²) in [5.41, 5.74) is 2.39. The van der Waals surface area contributed by atoms with Crippen LogP contribution in [0.2, 0.25) is 0 Å². The minimum absolute atomic E-state index is 0.0542. The molecule has 0 saturated heterocycles. The van der Waals surface area contributed by atoms with Gasteiger partial charge in [0, 0.05) is 12.1 Å². The van der Waals surface area contributed by atoms with E-state index in [1.807, 2.05) is 24.3 Å². The highest BCUT2D eigenvalue weighted by molar-refractivity contribution is 5.87. The summed E-state index contributed by atoms with van der Waals surface area (Å²) in [6.45, 7) is 5.73. The summed E-state index contributed by atoms with van der Waals surface area (Å²) in [4.78, 5) is 23.3. The summed E-state index contributed by atoms with van der Waals surface area (Å²) >= 11 is 0. The van der Waals surface area contributed by atoms with Gasteiger partial charge in [-0.1, -0.05) is 24.3 Å². The molecule has 0 fully saturated rings.